The summed E-state index contributed by atoms with van der Waals surface area (Å²) < 4.78 is 0. The van der Waals surface area contributed by atoms with Gasteiger partial charge in [-0.3, -0.25) is 4.90 Å². The van der Waals surface area contributed by atoms with Crippen LogP contribution >= 0.6 is 15.9 Å². The highest BCUT2D eigenvalue weighted by Crippen LogP contribution is 2.19. The molecule has 18 heavy (non-hydrogen) atoms. The van der Waals surface area contributed by atoms with E-state index in [4.69, 9.17) is 0 Å². The number of halogens is 1. The minimum absolute atomic E-state index is 0.787. The summed E-state index contributed by atoms with van der Waals surface area (Å²) in [6.07, 6.45) is 8.06. The van der Waals surface area contributed by atoms with Crippen LogP contribution < -0.4 is 0 Å². The molecule has 1 saturated heterocycles. The van der Waals surface area contributed by atoms with Gasteiger partial charge in [-0.05, 0) is 50.8 Å². The molecule has 1 heterocycles. The standard InChI is InChI=1S/C16H24BrN/c17-14-16-11-5-7-13-18(16)12-6-4-10-15-8-2-1-3-9-15/h1-3,8-9,16H,4-7,10-14H2. The maximum absolute atomic E-state index is 3.66. The smallest absolute Gasteiger partial charge is 0.0192 e. The SMILES string of the molecule is BrCC1CCCCN1CCCCc1ccccc1. The summed E-state index contributed by atoms with van der Waals surface area (Å²) in [4.78, 5) is 2.68. The summed E-state index contributed by atoms with van der Waals surface area (Å²) in [6.45, 7) is 2.59. The predicted molar refractivity (Wildman–Crippen MR) is 82.4 cm³/mol. The van der Waals surface area contributed by atoms with E-state index in [9.17, 15) is 0 Å². The number of alkyl halides is 1. The third-order valence-corrected chi connectivity index (χ3v) is 4.68. The van der Waals surface area contributed by atoms with E-state index in [1.807, 2.05) is 0 Å². The zero-order valence-electron chi connectivity index (χ0n) is 11.2. The molecule has 0 aliphatic carbocycles. The second-order valence-electron chi connectivity index (χ2n) is 5.28. The molecule has 1 aliphatic rings. The van der Waals surface area contributed by atoms with Crippen LogP contribution in [0.2, 0.25) is 0 Å². The lowest BCUT2D eigenvalue weighted by Gasteiger charge is -2.34. The summed E-state index contributed by atoms with van der Waals surface area (Å²) in [6, 6.07) is 11.6. The van der Waals surface area contributed by atoms with E-state index in [-0.39, 0.29) is 0 Å². The molecule has 1 atom stereocenters. The Hall–Kier alpha value is -0.340. The summed E-state index contributed by atoms with van der Waals surface area (Å²) >= 11 is 3.66. The average Bonchev–Trinajstić information content (AvgIpc) is 2.45. The molecule has 0 N–H and O–H groups in total. The quantitative estimate of drug-likeness (QED) is 0.560. The van der Waals surface area contributed by atoms with Crippen molar-refractivity contribution in [3.8, 4) is 0 Å². The highest BCUT2D eigenvalue weighted by atomic mass is 79.9. The number of piperidine rings is 1. The molecular weight excluding hydrogens is 286 g/mol. The second-order valence-corrected chi connectivity index (χ2v) is 5.93. The molecule has 0 aromatic heterocycles. The molecule has 0 saturated carbocycles. The molecule has 100 valence electrons. The topological polar surface area (TPSA) is 3.24 Å². The molecular formula is C16H24BrN. The average molecular weight is 310 g/mol. The van der Waals surface area contributed by atoms with Crippen molar-refractivity contribution in [3.63, 3.8) is 0 Å². The van der Waals surface area contributed by atoms with Crippen molar-refractivity contribution in [3.05, 3.63) is 35.9 Å². The van der Waals surface area contributed by atoms with Crippen LogP contribution in [0.4, 0.5) is 0 Å². The fraction of sp³-hybridized carbons (Fsp3) is 0.625. The Bertz CT molecular complexity index is 325. The highest BCUT2D eigenvalue weighted by Gasteiger charge is 2.20. The van der Waals surface area contributed by atoms with E-state index in [0.717, 1.165) is 11.4 Å². The molecule has 1 aliphatic heterocycles. The normalized spacial score (nSPS) is 21.1. The van der Waals surface area contributed by atoms with Gasteiger partial charge in [0.1, 0.15) is 0 Å². The molecule has 1 nitrogen and oxygen atoms in total. The Labute approximate surface area is 120 Å². The van der Waals surface area contributed by atoms with Gasteiger partial charge in [0.2, 0.25) is 0 Å². The van der Waals surface area contributed by atoms with E-state index >= 15 is 0 Å². The van der Waals surface area contributed by atoms with Gasteiger partial charge < -0.3 is 0 Å². The van der Waals surface area contributed by atoms with Gasteiger partial charge in [0.25, 0.3) is 0 Å². The molecule has 1 aromatic carbocycles. The molecule has 2 rings (SSSR count). The third kappa shape index (κ3) is 4.40. The Morgan fingerprint density at radius 1 is 1.11 bits per heavy atom. The van der Waals surface area contributed by atoms with E-state index in [1.165, 1.54) is 57.2 Å². The van der Waals surface area contributed by atoms with Crippen LogP contribution in [-0.4, -0.2) is 29.4 Å². The Morgan fingerprint density at radius 3 is 2.72 bits per heavy atom. The molecule has 1 fully saturated rings. The Morgan fingerprint density at radius 2 is 1.94 bits per heavy atom. The van der Waals surface area contributed by atoms with Gasteiger partial charge in [-0.1, -0.05) is 52.7 Å². The van der Waals surface area contributed by atoms with Crippen molar-refractivity contribution in [2.75, 3.05) is 18.4 Å². The Balaban J connectivity index is 1.65. The molecule has 0 amide bonds. The first kappa shape index (κ1) is 14.1. The van der Waals surface area contributed by atoms with Crippen LogP contribution in [0.15, 0.2) is 30.3 Å². The summed E-state index contributed by atoms with van der Waals surface area (Å²) in [7, 11) is 0. The predicted octanol–water partition coefficient (Wildman–Crippen LogP) is 4.26. The van der Waals surface area contributed by atoms with Gasteiger partial charge in [0, 0.05) is 11.4 Å². The minimum atomic E-state index is 0.787. The second kappa shape index (κ2) is 7.96. The van der Waals surface area contributed by atoms with Crippen molar-refractivity contribution in [1.82, 2.24) is 4.90 Å². The highest BCUT2D eigenvalue weighted by molar-refractivity contribution is 9.09. The molecule has 0 radical (unpaired) electrons. The van der Waals surface area contributed by atoms with Crippen LogP contribution in [0.25, 0.3) is 0 Å². The molecule has 0 spiro atoms. The summed E-state index contributed by atoms with van der Waals surface area (Å²) in [5.74, 6) is 0. The zero-order valence-corrected chi connectivity index (χ0v) is 12.7. The van der Waals surface area contributed by atoms with Crippen molar-refractivity contribution in [2.24, 2.45) is 0 Å². The lowest BCUT2D eigenvalue weighted by atomic mass is 10.0. The number of benzene rings is 1. The first-order chi connectivity index (χ1) is 8.90. The number of aryl methyl sites for hydroxylation is 1. The molecule has 0 bridgehead atoms. The minimum Gasteiger partial charge on any atom is -0.300 e. The third-order valence-electron chi connectivity index (χ3n) is 3.93. The van der Waals surface area contributed by atoms with E-state index in [1.54, 1.807) is 0 Å². The van der Waals surface area contributed by atoms with Crippen LogP contribution in [-0.2, 0) is 6.42 Å². The maximum atomic E-state index is 3.66. The lowest BCUT2D eigenvalue weighted by molar-refractivity contribution is 0.162. The molecule has 1 unspecified atom stereocenters. The summed E-state index contributed by atoms with van der Waals surface area (Å²) in [5, 5.41) is 1.14. The van der Waals surface area contributed by atoms with Gasteiger partial charge in [-0.2, -0.15) is 0 Å². The van der Waals surface area contributed by atoms with Crippen molar-refractivity contribution in [1.29, 1.82) is 0 Å². The zero-order chi connectivity index (χ0) is 12.6. The van der Waals surface area contributed by atoms with Crippen molar-refractivity contribution in [2.45, 2.75) is 44.6 Å². The van der Waals surface area contributed by atoms with Gasteiger partial charge in [0.05, 0.1) is 0 Å². The van der Waals surface area contributed by atoms with E-state index in [0.29, 0.717) is 0 Å². The maximum Gasteiger partial charge on any atom is 0.0192 e. The number of hydrogen-bond acceptors (Lipinski definition) is 1. The van der Waals surface area contributed by atoms with Gasteiger partial charge in [-0.15, -0.1) is 0 Å². The van der Waals surface area contributed by atoms with Crippen LogP contribution in [0.1, 0.15) is 37.7 Å². The largest absolute Gasteiger partial charge is 0.300 e. The number of unbranched alkanes of at least 4 members (excludes halogenated alkanes) is 1. The van der Waals surface area contributed by atoms with Crippen LogP contribution in [0.5, 0.6) is 0 Å². The number of hydrogen-bond donors (Lipinski definition) is 0. The molecule has 1 aromatic rings. The van der Waals surface area contributed by atoms with Crippen LogP contribution in [0.3, 0.4) is 0 Å². The number of likely N-dealkylation sites (tertiary alicyclic amines) is 1. The van der Waals surface area contributed by atoms with E-state index < -0.39 is 0 Å². The monoisotopic (exact) mass is 309 g/mol. The fourth-order valence-corrected chi connectivity index (χ4v) is 3.55. The fourth-order valence-electron chi connectivity index (χ4n) is 2.82. The number of rotatable bonds is 6. The van der Waals surface area contributed by atoms with Crippen molar-refractivity contribution < 1.29 is 0 Å². The van der Waals surface area contributed by atoms with Crippen molar-refractivity contribution >= 4 is 15.9 Å². The van der Waals surface area contributed by atoms with Gasteiger partial charge in [0.15, 0.2) is 0 Å². The molecule has 2 heteroatoms. The lowest BCUT2D eigenvalue weighted by Crippen LogP contribution is -2.41. The van der Waals surface area contributed by atoms with E-state index in [2.05, 4.69) is 51.2 Å². The first-order valence-corrected chi connectivity index (χ1v) is 8.36. The first-order valence-electron chi connectivity index (χ1n) is 7.24. The van der Waals surface area contributed by atoms with Crippen LogP contribution in [0, 0.1) is 0 Å². The Kier molecular flexibility index (Phi) is 6.22. The van der Waals surface area contributed by atoms with Gasteiger partial charge >= 0.3 is 0 Å². The number of nitrogens with zero attached hydrogens (tertiary/aromatic N) is 1. The van der Waals surface area contributed by atoms with Gasteiger partial charge in [-0.25, -0.2) is 0 Å². The summed E-state index contributed by atoms with van der Waals surface area (Å²) in [5.41, 5.74) is 1.48.